The van der Waals surface area contributed by atoms with Crippen LogP contribution in [-0.2, 0) is 4.74 Å². The fraction of sp³-hybridized carbons (Fsp3) is 0.167. The second-order valence-corrected chi connectivity index (χ2v) is 3.02. The number of hydrogen-bond acceptors (Lipinski definition) is 5. The number of ether oxygens (including phenoxy) is 1. The maximum atomic E-state index is 11.0. The lowest BCUT2D eigenvalue weighted by Gasteiger charge is -2.00. The average Bonchev–Trinajstić information content (AvgIpc) is 2.08. The summed E-state index contributed by atoms with van der Waals surface area (Å²) in [7, 11) is 1.27. The molecule has 1 aromatic heterocycles. The van der Waals surface area contributed by atoms with Crippen LogP contribution in [0.15, 0.2) is 6.20 Å². The zero-order valence-electron chi connectivity index (χ0n) is 6.24. The van der Waals surface area contributed by atoms with Crippen molar-refractivity contribution in [3.05, 3.63) is 15.6 Å². The van der Waals surface area contributed by atoms with E-state index in [1.54, 1.807) is 0 Å². The Labute approximate surface area is 82.5 Å². The molecule has 6 heteroatoms. The highest BCUT2D eigenvalue weighted by Crippen LogP contribution is 2.08. The number of nitrogen functional groups attached to an aromatic ring is 1. The molecular weight excluding hydrogens is 273 g/mol. The van der Waals surface area contributed by atoms with Crippen molar-refractivity contribution in [2.45, 2.75) is 0 Å². The van der Waals surface area contributed by atoms with E-state index in [1.807, 2.05) is 22.6 Å². The van der Waals surface area contributed by atoms with E-state index in [4.69, 9.17) is 5.73 Å². The standard InChI is InChI=1S/C6H6IN3O2/c1-12-6(11)4-5(8)9-2-3(7)10-4/h2H,1H3,(H2,8,9). The number of esters is 1. The Morgan fingerprint density at radius 1 is 1.75 bits per heavy atom. The zero-order chi connectivity index (χ0) is 9.14. The number of aromatic nitrogens is 2. The van der Waals surface area contributed by atoms with Gasteiger partial charge in [-0.05, 0) is 22.6 Å². The van der Waals surface area contributed by atoms with Gasteiger partial charge < -0.3 is 10.5 Å². The monoisotopic (exact) mass is 279 g/mol. The largest absolute Gasteiger partial charge is 0.464 e. The third kappa shape index (κ3) is 1.81. The SMILES string of the molecule is COC(=O)c1nc(I)cnc1N. The summed E-state index contributed by atoms with van der Waals surface area (Å²) in [6, 6.07) is 0. The summed E-state index contributed by atoms with van der Waals surface area (Å²) in [6.07, 6.45) is 1.47. The summed E-state index contributed by atoms with van der Waals surface area (Å²) in [5, 5.41) is 0. The summed E-state index contributed by atoms with van der Waals surface area (Å²) in [5.74, 6) is -0.485. The highest BCUT2D eigenvalue weighted by Gasteiger charge is 2.12. The number of rotatable bonds is 1. The summed E-state index contributed by atoms with van der Waals surface area (Å²) >= 11 is 1.93. The Morgan fingerprint density at radius 2 is 2.42 bits per heavy atom. The van der Waals surface area contributed by atoms with Gasteiger partial charge in [-0.15, -0.1) is 0 Å². The lowest BCUT2D eigenvalue weighted by Crippen LogP contribution is -2.10. The molecule has 0 saturated carbocycles. The molecule has 0 spiro atoms. The van der Waals surface area contributed by atoms with Gasteiger partial charge >= 0.3 is 5.97 Å². The minimum atomic E-state index is -0.571. The van der Waals surface area contributed by atoms with Gasteiger partial charge in [-0.1, -0.05) is 0 Å². The van der Waals surface area contributed by atoms with Crippen molar-refractivity contribution in [2.24, 2.45) is 0 Å². The van der Waals surface area contributed by atoms with Crippen molar-refractivity contribution in [2.75, 3.05) is 12.8 Å². The molecular formula is C6H6IN3O2. The molecule has 0 saturated heterocycles. The molecule has 0 aliphatic rings. The molecule has 0 fully saturated rings. The van der Waals surface area contributed by atoms with Gasteiger partial charge in [-0.2, -0.15) is 0 Å². The lowest BCUT2D eigenvalue weighted by atomic mass is 10.4. The van der Waals surface area contributed by atoms with Gasteiger partial charge in [0.2, 0.25) is 0 Å². The normalized spacial score (nSPS) is 9.50. The van der Waals surface area contributed by atoms with E-state index in [-0.39, 0.29) is 11.5 Å². The predicted octanol–water partition coefficient (Wildman–Crippen LogP) is 0.450. The third-order valence-corrected chi connectivity index (χ3v) is 1.67. The first kappa shape index (κ1) is 9.17. The number of anilines is 1. The molecule has 0 aliphatic carbocycles. The molecule has 0 bridgehead atoms. The second kappa shape index (κ2) is 3.65. The molecule has 12 heavy (non-hydrogen) atoms. The summed E-state index contributed by atoms with van der Waals surface area (Å²) in [6.45, 7) is 0. The van der Waals surface area contributed by atoms with Gasteiger partial charge in [-0.25, -0.2) is 14.8 Å². The third-order valence-electron chi connectivity index (χ3n) is 1.15. The zero-order valence-corrected chi connectivity index (χ0v) is 8.40. The van der Waals surface area contributed by atoms with Crippen LogP contribution >= 0.6 is 22.6 Å². The molecule has 1 heterocycles. The van der Waals surface area contributed by atoms with E-state index in [9.17, 15) is 4.79 Å². The number of carbonyl (C=O) groups excluding carboxylic acids is 1. The average molecular weight is 279 g/mol. The number of carbonyl (C=O) groups is 1. The molecule has 2 N–H and O–H groups in total. The Hall–Kier alpha value is -0.920. The molecule has 1 aromatic rings. The highest BCUT2D eigenvalue weighted by molar-refractivity contribution is 14.1. The van der Waals surface area contributed by atoms with Gasteiger partial charge in [0.25, 0.3) is 0 Å². The molecule has 1 rings (SSSR count). The van der Waals surface area contributed by atoms with Crippen molar-refractivity contribution in [3.63, 3.8) is 0 Å². The number of halogens is 1. The molecule has 0 radical (unpaired) electrons. The van der Waals surface area contributed by atoms with Crippen LogP contribution < -0.4 is 5.73 Å². The summed E-state index contributed by atoms with van der Waals surface area (Å²) in [5.41, 5.74) is 5.45. The first-order valence-electron chi connectivity index (χ1n) is 3.01. The van der Waals surface area contributed by atoms with Crippen LogP contribution in [0, 0.1) is 3.70 Å². The van der Waals surface area contributed by atoms with Crippen molar-refractivity contribution < 1.29 is 9.53 Å². The Morgan fingerprint density at radius 3 is 3.00 bits per heavy atom. The first-order valence-corrected chi connectivity index (χ1v) is 4.09. The highest BCUT2D eigenvalue weighted by atomic mass is 127. The maximum Gasteiger partial charge on any atom is 0.360 e. The minimum absolute atomic E-state index is 0.0596. The molecule has 0 aliphatic heterocycles. The maximum absolute atomic E-state index is 11.0. The molecule has 0 unspecified atom stereocenters. The van der Waals surface area contributed by atoms with Crippen LogP contribution in [0.1, 0.15) is 10.5 Å². The van der Waals surface area contributed by atoms with E-state index in [0.717, 1.165) is 0 Å². The van der Waals surface area contributed by atoms with Crippen LogP contribution in [0.25, 0.3) is 0 Å². The Kier molecular flexibility index (Phi) is 2.79. The van der Waals surface area contributed by atoms with Crippen LogP contribution in [0.3, 0.4) is 0 Å². The molecule has 0 aromatic carbocycles. The van der Waals surface area contributed by atoms with Gasteiger partial charge in [0, 0.05) is 0 Å². The van der Waals surface area contributed by atoms with Crippen molar-refractivity contribution in [1.82, 2.24) is 9.97 Å². The van der Waals surface area contributed by atoms with Crippen LogP contribution in [0.5, 0.6) is 0 Å². The molecule has 5 nitrogen and oxygen atoms in total. The second-order valence-electron chi connectivity index (χ2n) is 1.92. The quantitative estimate of drug-likeness (QED) is 0.596. The number of hydrogen-bond donors (Lipinski definition) is 1. The van der Waals surface area contributed by atoms with Crippen LogP contribution in [0.4, 0.5) is 5.82 Å². The van der Waals surface area contributed by atoms with Crippen LogP contribution in [-0.4, -0.2) is 23.0 Å². The summed E-state index contributed by atoms with van der Waals surface area (Å²) in [4.78, 5) is 18.6. The minimum Gasteiger partial charge on any atom is -0.464 e. The summed E-state index contributed by atoms with van der Waals surface area (Å²) < 4.78 is 5.05. The predicted molar refractivity (Wildman–Crippen MR) is 50.5 cm³/mol. The van der Waals surface area contributed by atoms with Gasteiger partial charge in [-0.3, -0.25) is 0 Å². The van der Waals surface area contributed by atoms with E-state index in [2.05, 4.69) is 14.7 Å². The van der Waals surface area contributed by atoms with E-state index in [0.29, 0.717) is 3.70 Å². The fourth-order valence-electron chi connectivity index (χ4n) is 0.624. The van der Waals surface area contributed by atoms with Crippen molar-refractivity contribution >= 4 is 34.4 Å². The lowest BCUT2D eigenvalue weighted by molar-refractivity contribution is 0.0594. The first-order chi connectivity index (χ1) is 5.65. The fourth-order valence-corrected chi connectivity index (χ4v) is 1.00. The number of methoxy groups -OCH3 is 1. The molecule has 0 amide bonds. The smallest absolute Gasteiger partial charge is 0.360 e. The van der Waals surface area contributed by atoms with E-state index >= 15 is 0 Å². The van der Waals surface area contributed by atoms with E-state index in [1.165, 1.54) is 13.3 Å². The molecule has 0 atom stereocenters. The van der Waals surface area contributed by atoms with Crippen molar-refractivity contribution in [1.29, 1.82) is 0 Å². The topological polar surface area (TPSA) is 78.1 Å². The van der Waals surface area contributed by atoms with Gasteiger partial charge in [0.1, 0.15) is 3.70 Å². The van der Waals surface area contributed by atoms with Crippen LogP contribution in [0.2, 0.25) is 0 Å². The van der Waals surface area contributed by atoms with Crippen molar-refractivity contribution in [3.8, 4) is 0 Å². The van der Waals surface area contributed by atoms with Gasteiger partial charge in [0.05, 0.1) is 13.3 Å². The Bertz CT molecular complexity index is 316. The van der Waals surface area contributed by atoms with Gasteiger partial charge in [0.15, 0.2) is 11.5 Å². The number of nitrogens with two attached hydrogens (primary N) is 1. The number of nitrogens with zero attached hydrogens (tertiary/aromatic N) is 2. The van der Waals surface area contributed by atoms with E-state index < -0.39 is 5.97 Å². The Balaban J connectivity index is 3.13. The molecule has 64 valence electrons.